The Morgan fingerprint density at radius 2 is 1.62 bits per heavy atom. The number of carbonyl (C=O) groups is 2. The molecule has 0 unspecified atom stereocenters. The molecular weight excluding hydrogens is 614 g/mol. The van der Waals surface area contributed by atoms with E-state index in [1.807, 2.05) is 6.92 Å². The summed E-state index contributed by atoms with van der Waals surface area (Å²) in [6.45, 7) is 4.34. The van der Waals surface area contributed by atoms with Crippen LogP contribution in [0, 0.1) is 6.92 Å². The van der Waals surface area contributed by atoms with Crippen molar-refractivity contribution in [2.75, 3.05) is 17.4 Å². The molecule has 0 aliphatic heterocycles. The molecule has 42 heavy (non-hydrogen) atoms. The molecule has 0 aliphatic carbocycles. The van der Waals surface area contributed by atoms with E-state index in [9.17, 15) is 31.2 Å². The highest BCUT2D eigenvalue weighted by molar-refractivity contribution is 7.92. The first kappa shape index (κ1) is 33.2. The van der Waals surface area contributed by atoms with E-state index in [1.54, 1.807) is 31.2 Å². The van der Waals surface area contributed by atoms with Crippen molar-refractivity contribution in [3.05, 3.63) is 93.5 Å². The highest BCUT2D eigenvalue weighted by atomic mass is 35.5. The largest absolute Gasteiger partial charge is 0.417 e. The molecule has 7 nitrogen and oxygen atoms in total. The maximum atomic E-state index is 13.9. The average molecular weight is 645 g/mol. The second kappa shape index (κ2) is 13.8. The van der Waals surface area contributed by atoms with Crippen molar-refractivity contribution in [3.8, 4) is 0 Å². The summed E-state index contributed by atoms with van der Waals surface area (Å²) in [6, 6.07) is 13.8. The number of aryl methyl sites for hydroxylation is 1. The van der Waals surface area contributed by atoms with Crippen molar-refractivity contribution in [1.82, 2.24) is 10.2 Å². The van der Waals surface area contributed by atoms with E-state index in [1.165, 1.54) is 31.2 Å². The molecule has 0 aromatic heterocycles. The normalized spacial score (nSPS) is 12.5. The molecule has 0 radical (unpaired) electrons. The Kier molecular flexibility index (Phi) is 10.9. The Labute approximate surface area is 253 Å². The molecular formula is C29H30Cl2F3N3O4S. The van der Waals surface area contributed by atoms with Gasteiger partial charge < -0.3 is 10.2 Å². The van der Waals surface area contributed by atoms with Crippen LogP contribution in [0.4, 0.5) is 18.9 Å². The number of nitrogens with one attached hydrogen (secondary N) is 1. The number of amides is 2. The van der Waals surface area contributed by atoms with Crippen LogP contribution in [0.25, 0.3) is 0 Å². The molecule has 13 heteroatoms. The van der Waals surface area contributed by atoms with E-state index in [2.05, 4.69) is 5.32 Å². The van der Waals surface area contributed by atoms with Gasteiger partial charge in [0.2, 0.25) is 11.8 Å². The lowest BCUT2D eigenvalue weighted by Gasteiger charge is -2.32. The number of sulfonamides is 1. The van der Waals surface area contributed by atoms with E-state index in [0.717, 1.165) is 22.6 Å². The van der Waals surface area contributed by atoms with Gasteiger partial charge in [-0.05, 0) is 62.2 Å². The van der Waals surface area contributed by atoms with Crippen molar-refractivity contribution in [3.63, 3.8) is 0 Å². The van der Waals surface area contributed by atoms with Crippen LogP contribution < -0.4 is 9.62 Å². The number of rotatable bonds is 11. The standard InChI is InChI=1S/C29H30Cl2F3N3O4S/c1-4-15-35-28(39)20(3)36(17-21-7-5-6-8-25(21)30)27(38)18-37(42(40,41)23-12-9-19(2)10-13-23)22-11-14-26(31)24(16-22)29(32,33)34/h5-14,16,20H,4,15,17-18H2,1-3H3,(H,35,39)/t20-/m1/s1. The summed E-state index contributed by atoms with van der Waals surface area (Å²) in [6.07, 6.45) is -4.25. The molecule has 0 aliphatic rings. The first-order valence-electron chi connectivity index (χ1n) is 12.9. The first-order chi connectivity index (χ1) is 19.7. The summed E-state index contributed by atoms with van der Waals surface area (Å²) in [4.78, 5) is 27.7. The lowest BCUT2D eigenvalue weighted by molar-refractivity contribution is -0.139. The summed E-state index contributed by atoms with van der Waals surface area (Å²) in [5.41, 5.74) is -0.457. The van der Waals surface area contributed by atoms with E-state index in [0.29, 0.717) is 33.9 Å². The fraction of sp³-hybridized carbons (Fsp3) is 0.310. The zero-order valence-corrected chi connectivity index (χ0v) is 25.4. The quantitative estimate of drug-likeness (QED) is 0.260. The van der Waals surface area contributed by atoms with Crippen LogP contribution in [-0.2, 0) is 32.3 Å². The molecule has 1 N–H and O–H groups in total. The molecule has 0 bridgehead atoms. The van der Waals surface area contributed by atoms with Gasteiger partial charge in [-0.3, -0.25) is 13.9 Å². The SMILES string of the molecule is CCCNC(=O)[C@@H](C)N(Cc1ccccc1Cl)C(=O)CN(c1ccc(Cl)c(C(F)(F)F)c1)S(=O)(=O)c1ccc(C)cc1. The topological polar surface area (TPSA) is 86.8 Å². The number of halogens is 5. The minimum Gasteiger partial charge on any atom is -0.354 e. The van der Waals surface area contributed by atoms with Crippen LogP contribution >= 0.6 is 23.2 Å². The van der Waals surface area contributed by atoms with Crippen molar-refractivity contribution in [2.24, 2.45) is 0 Å². The molecule has 1 atom stereocenters. The molecule has 3 aromatic carbocycles. The summed E-state index contributed by atoms with van der Waals surface area (Å²) in [7, 11) is -4.57. The van der Waals surface area contributed by atoms with Gasteiger partial charge in [0.1, 0.15) is 12.6 Å². The van der Waals surface area contributed by atoms with Crippen LogP contribution in [0.2, 0.25) is 10.0 Å². The third-order valence-electron chi connectivity index (χ3n) is 6.45. The zero-order chi connectivity index (χ0) is 31.2. The van der Waals surface area contributed by atoms with Crippen LogP contribution in [0.5, 0.6) is 0 Å². The summed E-state index contributed by atoms with van der Waals surface area (Å²) < 4.78 is 69.5. The number of carbonyl (C=O) groups excluding carboxylic acids is 2. The number of anilines is 1. The van der Waals surface area contributed by atoms with Crippen LogP contribution in [0.1, 0.15) is 37.0 Å². The van der Waals surface area contributed by atoms with Gasteiger partial charge in [0.15, 0.2) is 0 Å². The van der Waals surface area contributed by atoms with Crippen molar-refractivity contribution >= 4 is 50.7 Å². The molecule has 0 heterocycles. The summed E-state index contributed by atoms with van der Waals surface area (Å²) in [5, 5.41) is 2.39. The lowest BCUT2D eigenvalue weighted by atomic mass is 10.1. The number of alkyl halides is 3. The van der Waals surface area contributed by atoms with Gasteiger partial charge in [-0.25, -0.2) is 8.42 Å². The maximum absolute atomic E-state index is 13.9. The maximum Gasteiger partial charge on any atom is 0.417 e. The zero-order valence-electron chi connectivity index (χ0n) is 23.1. The minimum absolute atomic E-state index is 0.161. The fourth-order valence-electron chi connectivity index (χ4n) is 4.04. The molecule has 2 amide bonds. The van der Waals surface area contributed by atoms with E-state index in [4.69, 9.17) is 23.2 Å². The highest BCUT2D eigenvalue weighted by Gasteiger charge is 2.37. The lowest BCUT2D eigenvalue weighted by Crippen LogP contribution is -2.51. The molecule has 0 saturated heterocycles. The van der Waals surface area contributed by atoms with Crippen LogP contribution in [0.3, 0.4) is 0 Å². The van der Waals surface area contributed by atoms with Crippen LogP contribution in [-0.4, -0.2) is 44.3 Å². The number of hydrogen-bond acceptors (Lipinski definition) is 4. The molecule has 0 spiro atoms. The smallest absolute Gasteiger partial charge is 0.354 e. The average Bonchev–Trinajstić information content (AvgIpc) is 2.93. The Bertz CT molecular complexity index is 1530. The predicted molar refractivity (Wildman–Crippen MR) is 157 cm³/mol. The second-order valence-corrected chi connectivity index (χ2v) is 12.2. The van der Waals surface area contributed by atoms with Gasteiger partial charge in [-0.15, -0.1) is 0 Å². The third kappa shape index (κ3) is 7.96. The first-order valence-corrected chi connectivity index (χ1v) is 15.1. The van der Waals surface area contributed by atoms with Gasteiger partial charge >= 0.3 is 6.18 Å². The summed E-state index contributed by atoms with van der Waals surface area (Å²) in [5.74, 6) is -1.33. The molecule has 226 valence electrons. The van der Waals surface area contributed by atoms with Gasteiger partial charge in [0.25, 0.3) is 10.0 Å². The van der Waals surface area contributed by atoms with Gasteiger partial charge in [-0.1, -0.05) is 66.0 Å². The minimum atomic E-state index is -4.89. The van der Waals surface area contributed by atoms with Crippen LogP contribution in [0.15, 0.2) is 71.6 Å². The molecule has 0 saturated carbocycles. The molecule has 3 aromatic rings. The van der Waals surface area contributed by atoms with E-state index < -0.39 is 56.9 Å². The molecule has 0 fully saturated rings. The number of hydrogen-bond donors (Lipinski definition) is 1. The van der Waals surface area contributed by atoms with Gasteiger partial charge in [0, 0.05) is 18.1 Å². The Balaban J connectivity index is 2.12. The number of nitrogens with zero attached hydrogens (tertiary/aromatic N) is 2. The second-order valence-electron chi connectivity index (χ2n) is 9.57. The van der Waals surface area contributed by atoms with Crippen molar-refractivity contribution < 1.29 is 31.2 Å². The summed E-state index contributed by atoms with van der Waals surface area (Å²) >= 11 is 12.1. The molecule has 3 rings (SSSR count). The van der Waals surface area contributed by atoms with Gasteiger partial charge in [0.05, 0.1) is 21.2 Å². The number of benzene rings is 3. The highest BCUT2D eigenvalue weighted by Crippen LogP contribution is 2.38. The fourth-order valence-corrected chi connectivity index (χ4v) is 5.87. The van der Waals surface area contributed by atoms with Crippen molar-refractivity contribution in [1.29, 1.82) is 0 Å². The van der Waals surface area contributed by atoms with E-state index in [-0.39, 0.29) is 11.4 Å². The van der Waals surface area contributed by atoms with Crippen molar-refractivity contribution in [2.45, 2.75) is 50.9 Å². The predicted octanol–water partition coefficient (Wildman–Crippen LogP) is 6.46. The van der Waals surface area contributed by atoms with Gasteiger partial charge in [-0.2, -0.15) is 13.2 Å². The monoisotopic (exact) mass is 643 g/mol. The van der Waals surface area contributed by atoms with E-state index >= 15 is 0 Å². The third-order valence-corrected chi connectivity index (χ3v) is 8.93. The Morgan fingerprint density at radius 3 is 2.21 bits per heavy atom. The Hall–Kier alpha value is -3.28. The Morgan fingerprint density at radius 1 is 0.976 bits per heavy atom.